The first kappa shape index (κ1) is 19.4. The zero-order chi connectivity index (χ0) is 16.8. The van der Waals surface area contributed by atoms with E-state index in [1.165, 1.54) is 11.0 Å². The summed E-state index contributed by atoms with van der Waals surface area (Å²) in [5.74, 6) is -0.0717. The molecule has 1 saturated heterocycles. The van der Waals surface area contributed by atoms with E-state index in [1.807, 2.05) is 35.2 Å². The van der Waals surface area contributed by atoms with E-state index in [0.717, 1.165) is 24.9 Å². The van der Waals surface area contributed by atoms with Crippen molar-refractivity contribution in [3.63, 3.8) is 0 Å². The van der Waals surface area contributed by atoms with Crippen LogP contribution in [0.2, 0.25) is 0 Å². The molecule has 0 aliphatic carbocycles. The monoisotopic (exact) mass is 365 g/mol. The van der Waals surface area contributed by atoms with Crippen LogP contribution in [0.25, 0.3) is 5.69 Å². The number of carbonyl (C=O) groups excluding carboxylic acids is 1. The minimum Gasteiger partial charge on any atom is -0.378 e. The van der Waals surface area contributed by atoms with Gasteiger partial charge in [-0.15, -0.1) is 17.5 Å². The number of likely N-dealkylation sites (tertiary alicyclic amines) is 1. The van der Waals surface area contributed by atoms with Gasteiger partial charge in [-0.05, 0) is 37.9 Å². The number of carbonyl (C=O) groups is 1. The molecule has 2 heterocycles. The van der Waals surface area contributed by atoms with Gasteiger partial charge in [0.1, 0.15) is 0 Å². The second kappa shape index (κ2) is 9.50. The van der Waals surface area contributed by atoms with Crippen LogP contribution in [0.3, 0.4) is 0 Å². The van der Waals surface area contributed by atoms with E-state index >= 15 is 0 Å². The molecule has 1 aromatic heterocycles. The molecule has 1 fully saturated rings. The molecule has 0 bridgehead atoms. The van der Waals surface area contributed by atoms with E-state index in [0.29, 0.717) is 31.9 Å². The summed E-state index contributed by atoms with van der Waals surface area (Å²) in [6.45, 7) is 2.71. The van der Waals surface area contributed by atoms with Gasteiger partial charge in [-0.1, -0.05) is 18.2 Å². The molecule has 7 nitrogen and oxygen atoms in total. The quantitative estimate of drug-likeness (QED) is 0.787. The molecule has 0 unspecified atom stereocenters. The number of piperidine rings is 1. The lowest BCUT2D eigenvalue weighted by atomic mass is 10.1. The van der Waals surface area contributed by atoms with Gasteiger partial charge in [-0.25, -0.2) is 0 Å². The van der Waals surface area contributed by atoms with Crippen molar-refractivity contribution in [1.29, 1.82) is 0 Å². The third-order valence-corrected chi connectivity index (χ3v) is 4.13. The summed E-state index contributed by atoms with van der Waals surface area (Å²) < 4.78 is 5.77. The fourth-order valence-corrected chi connectivity index (χ4v) is 2.77. The van der Waals surface area contributed by atoms with Gasteiger partial charge in [0, 0.05) is 19.7 Å². The molecule has 0 saturated carbocycles. The van der Waals surface area contributed by atoms with Gasteiger partial charge in [0.05, 0.1) is 18.0 Å². The molecule has 1 aliphatic heterocycles. The number of aromatic nitrogens is 3. The topological polar surface area (TPSA) is 86.3 Å². The Bertz CT molecular complexity index is 656. The Morgan fingerprint density at radius 3 is 2.64 bits per heavy atom. The number of nitrogens with zero attached hydrogens (tertiary/aromatic N) is 4. The van der Waals surface area contributed by atoms with E-state index in [1.54, 1.807) is 0 Å². The fraction of sp³-hybridized carbons (Fsp3) is 0.471. The first-order chi connectivity index (χ1) is 11.8. The maximum Gasteiger partial charge on any atom is 0.276 e. The first-order valence-corrected chi connectivity index (χ1v) is 8.36. The maximum absolute atomic E-state index is 12.6. The van der Waals surface area contributed by atoms with Gasteiger partial charge >= 0.3 is 0 Å². The lowest BCUT2D eigenvalue weighted by molar-refractivity contribution is 0.00828. The van der Waals surface area contributed by atoms with Crippen LogP contribution in [0.15, 0.2) is 36.5 Å². The van der Waals surface area contributed by atoms with Crippen molar-refractivity contribution in [2.45, 2.75) is 25.4 Å². The van der Waals surface area contributed by atoms with Crippen LogP contribution in [-0.2, 0) is 4.74 Å². The summed E-state index contributed by atoms with van der Waals surface area (Å²) in [6, 6.07) is 9.56. The third kappa shape index (κ3) is 5.01. The number of para-hydroxylation sites is 1. The van der Waals surface area contributed by atoms with Gasteiger partial charge in [0.2, 0.25) is 0 Å². The molecule has 3 rings (SSSR count). The molecule has 1 aromatic carbocycles. The summed E-state index contributed by atoms with van der Waals surface area (Å²) in [7, 11) is 0. The number of benzene rings is 1. The van der Waals surface area contributed by atoms with E-state index in [4.69, 9.17) is 10.5 Å². The predicted octanol–water partition coefficient (Wildman–Crippen LogP) is 1.66. The van der Waals surface area contributed by atoms with Crippen molar-refractivity contribution >= 4 is 18.3 Å². The highest BCUT2D eigenvalue weighted by Crippen LogP contribution is 2.16. The van der Waals surface area contributed by atoms with Gasteiger partial charge in [-0.3, -0.25) is 4.79 Å². The zero-order valence-electron chi connectivity index (χ0n) is 14.1. The van der Waals surface area contributed by atoms with Crippen molar-refractivity contribution in [2.75, 3.05) is 26.2 Å². The number of hydrogen-bond acceptors (Lipinski definition) is 5. The van der Waals surface area contributed by atoms with E-state index in [9.17, 15) is 4.79 Å². The Morgan fingerprint density at radius 1 is 1.24 bits per heavy atom. The average Bonchev–Trinajstić information content (AvgIpc) is 3.13. The molecule has 8 heteroatoms. The molecule has 1 aliphatic rings. The van der Waals surface area contributed by atoms with E-state index in [-0.39, 0.29) is 24.4 Å². The number of amides is 1. The van der Waals surface area contributed by atoms with Crippen LogP contribution in [0.5, 0.6) is 0 Å². The first-order valence-electron chi connectivity index (χ1n) is 8.36. The lowest BCUT2D eigenvalue weighted by Gasteiger charge is -2.31. The normalized spacial score (nSPS) is 15.0. The lowest BCUT2D eigenvalue weighted by Crippen LogP contribution is -2.41. The van der Waals surface area contributed by atoms with Crippen molar-refractivity contribution in [3.8, 4) is 5.69 Å². The zero-order valence-corrected chi connectivity index (χ0v) is 14.9. The molecule has 0 spiro atoms. The highest BCUT2D eigenvalue weighted by molar-refractivity contribution is 5.92. The molecular weight excluding hydrogens is 342 g/mol. The van der Waals surface area contributed by atoms with Gasteiger partial charge in [0.25, 0.3) is 5.91 Å². The van der Waals surface area contributed by atoms with Crippen LogP contribution in [0.4, 0.5) is 0 Å². The van der Waals surface area contributed by atoms with Crippen LogP contribution in [-0.4, -0.2) is 58.1 Å². The number of rotatable bonds is 6. The third-order valence-electron chi connectivity index (χ3n) is 4.13. The summed E-state index contributed by atoms with van der Waals surface area (Å²) in [4.78, 5) is 15.9. The Morgan fingerprint density at radius 2 is 1.96 bits per heavy atom. The largest absolute Gasteiger partial charge is 0.378 e. The second-order valence-electron chi connectivity index (χ2n) is 5.86. The molecule has 0 atom stereocenters. The molecule has 25 heavy (non-hydrogen) atoms. The van der Waals surface area contributed by atoms with Crippen LogP contribution in [0, 0.1) is 0 Å². The molecular formula is C17H24ClN5O2. The van der Waals surface area contributed by atoms with Crippen molar-refractivity contribution in [3.05, 3.63) is 42.2 Å². The van der Waals surface area contributed by atoms with Crippen LogP contribution in [0.1, 0.15) is 29.8 Å². The highest BCUT2D eigenvalue weighted by Gasteiger charge is 2.25. The van der Waals surface area contributed by atoms with Gasteiger partial charge in [0.15, 0.2) is 5.69 Å². The summed E-state index contributed by atoms with van der Waals surface area (Å²) in [5.41, 5.74) is 6.68. The Kier molecular flexibility index (Phi) is 7.36. The molecule has 2 N–H and O–H groups in total. The summed E-state index contributed by atoms with van der Waals surface area (Å²) in [6.07, 6.45) is 4.33. The minimum atomic E-state index is -0.0717. The number of nitrogens with two attached hydrogens (primary N) is 1. The molecule has 1 amide bonds. The minimum absolute atomic E-state index is 0. The van der Waals surface area contributed by atoms with E-state index in [2.05, 4.69) is 10.2 Å². The predicted molar refractivity (Wildman–Crippen MR) is 97.2 cm³/mol. The van der Waals surface area contributed by atoms with Crippen LogP contribution < -0.4 is 5.73 Å². The smallest absolute Gasteiger partial charge is 0.276 e. The number of hydrogen-bond donors (Lipinski definition) is 1. The Balaban J connectivity index is 0.00000225. The Hall–Kier alpha value is -1.96. The van der Waals surface area contributed by atoms with Gasteiger partial charge < -0.3 is 15.4 Å². The summed E-state index contributed by atoms with van der Waals surface area (Å²) in [5, 5.41) is 8.49. The Labute approximate surface area is 153 Å². The fourth-order valence-electron chi connectivity index (χ4n) is 2.77. The maximum atomic E-state index is 12.6. The van der Waals surface area contributed by atoms with Crippen molar-refractivity contribution in [1.82, 2.24) is 19.9 Å². The number of ether oxygens (including phenoxy) is 1. The van der Waals surface area contributed by atoms with Crippen molar-refractivity contribution < 1.29 is 9.53 Å². The molecule has 136 valence electrons. The van der Waals surface area contributed by atoms with Crippen LogP contribution >= 0.6 is 12.4 Å². The van der Waals surface area contributed by atoms with E-state index < -0.39 is 0 Å². The summed E-state index contributed by atoms with van der Waals surface area (Å²) >= 11 is 0. The standard InChI is InChI=1S/C17H23N5O2.ClH/c18-9-4-12-24-15-7-10-21(11-8-15)17(23)16-13-19-22(20-16)14-5-2-1-3-6-14;/h1-3,5-6,13,15H,4,7-12,18H2;1H. The molecule has 0 radical (unpaired) electrons. The average molecular weight is 366 g/mol. The molecule has 2 aromatic rings. The van der Waals surface area contributed by atoms with Gasteiger partial charge in [-0.2, -0.15) is 9.90 Å². The van der Waals surface area contributed by atoms with Crippen molar-refractivity contribution in [2.24, 2.45) is 5.73 Å². The highest BCUT2D eigenvalue weighted by atomic mass is 35.5. The second-order valence-corrected chi connectivity index (χ2v) is 5.86. The number of halogens is 1. The SMILES string of the molecule is Cl.NCCCOC1CCN(C(=O)c2cnn(-c3ccccc3)n2)CC1.